The van der Waals surface area contributed by atoms with Gasteiger partial charge in [0.2, 0.25) is 10.0 Å². The summed E-state index contributed by atoms with van der Waals surface area (Å²) in [5, 5.41) is 0. The van der Waals surface area contributed by atoms with Gasteiger partial charge in [-0.3, -0.25) is 4.90 Å². The van der Waals surface area contributed by atoms with Gasteiger partial charge in [-0.1, -0.05) is 48.5 Å². The van der Waals surface area contributed by atoms with Crippen LogP contribution in [0.4, 0.5) is 0 Å². The van der Waals surface area contributed by atoms with Gasteiger partial charge in [0.25, 0.3) is 0 Å². The Balaban J connectivity index is 1.25. The first kappa shape index (κ1) is 19.0. The molecule has 2 heterocycles. The third-order valence-electron chi connectivity index (χ3n) is 6.74. The van der Waals surface area contributed by atoms with E-state index in [1.54, 1.807) is 22.5 Å². The number of rotatable bonds is 3. The maximum atomic E-state index is 13.3. The van der Waals surface area contributed by atoms with E-state index in [9.17, 15) is 8.42 Å². The molecule has 158 valence electrons. The third-order valence-corrected chi connectivity index (χ3v) is 8.63. The molecule has 3 aromatic rings. The molecule has 3 aromatic carbocycles. The summed E-state index contributed by atoms with van der Waals surface area (Å²) >= 11 is 0. The lowest BCUT2D eigenvalue weighted by molar-refractivity contribution is 0.158. The fourth-order valence-electron chi connectivity index (χ4n) is 5.20. The van der Waals surface area contributed by atoms with Gasteiger partial charge in [0, 0.05) is 32.6 Å². The molecule has 5 nitrogen and oxygen atoms in total. The second-order valence-electron chi connectivity index (χ2n) is 8.39. The van der Waals surface area contributed by atoms with Crippen LogP contribution in [0, 0.1) is 0 Å². The average Bonchev–Trinajstić information content (AvgIpc) is 3.41. The molecular formula is C25H24N2O3S. The standard InChI is InChI=1S/C25H24N2O3S/c28-31(29,19-9-10-24-18(17-19)11-16-30-24)27-14-12-26(13-15-27)25-22-7-3-1-5-20(22)21-6-2-4-8-23(21)25/h1-10,17,25H,11-16H2. The molecule has 0 N–H and O–H groups in total. The van der Waals surface area contributed by atoms with Gasteiger partial charge in [0.05, 0.1) is 17.5 Å². The zero-order chi connectivity index (χ0) is 21.0. The van der Waals surface area contributed by atoms with E-state index in [0.717, 1.165) is 17.7 Å². The summed E-state index contributed by atoms with van der Waals surface area (Å²) < 4.78 is 33.7. The molecule has 0 aromatic heterocycles. The van der Waals surface area contributed by atoms with Crippen molar-refractivity contribution in [3.05, 3.63) is 83.4 Å². The van der Waals surface area contributed by atoms with Gasteiger partial charge in [-0.05, 0) is 46.0 Å². The minimum absolute atomic E-state index is 0.189. The van der Waals surface area contributed by atoms with E-state index in [4.69, 9.17) is 4.74 Å². The van der Waals surface area contributed by atoms with Crippen molar-refractivity contribution in [3.63, 3.8) is 0 Å². The zero-order valence-corrected chi connectivity index (χ0v) is 18.0. The van der Waals surface area contributed by atoms with E-state index in [0.29, 0.717) is 37.7 Å². The highest BCUT2D eigenvalue weighted by Crippen LogP contribution is 2.46. The van der Waals surface area contributed by atoms with Gasteiger partial charge < -0.3 is 4.74 Å². The van der Waals surface area contributed by atoms with E-state index in [2.05, 4.69) is 53.4 Å². The number of benzene rings is 3. The summed E-state index contributed by atoms with van der Waals surface area (Å²) in [6.45, 7) is 3.04. The van der Waals surface area contributed by atoms with Crippen LogP contribution < -0.4 is 4.74 Å². The second kappa shape index (κ2) is 7.19. The average molecular weight is 433 g/mol. The molecule has 0 radical (unpaired) electrons. The van der Waals surface area contributed by atoms with Crippen LogP contribution >= 0.6 is 0 Å². The Morgan fingerprint density at radius 1 is 0.806 bits per heavy atom. The lowest BCUT2D eigenvalue weighted by Crippen LogP contribution is -2.49. The quantitative estimate of drug-likeness (QED) is 0.633. The van der Waals surface area contributed by atoms with Crippen LogP contribution in [-0.2, 0) is 16.4 Å². The van der Waals surface area contributed by atoms with Gasteiger partial charge in [-0.25, -0.2) is 8.42 Å². The fourth-order valence-corrected chi connectivity index (χ4v) is 6.67. The molecule has 1 fully saturated rings. The van der Waals surface area contributed by atoms with E-state index >= 15 is 0 Å². The van der Waals surface area contributed by atoms with Gasteiger partial charge in [0.1, 0.15) is 5.75 Å². The maximum Gasteiger partial charge on any atom is 0.243 e. The van der Waals surface area contributed by atoms with Crippen molar-refractivity contribution in [1.29, 1.82) is 0 Å². The topological polar surface area (TPSA) is 49.9 Å². The fraction of sp³-hybridized carbons (Fsp3) is 0.280. The summed E-state index contributed by atoms with van der Waals surface area (Å²) in [7, 11) is -3.50. The molecule has 0 unspecified atom stereocenters. The van der Waals surface area contributed by atoms with Gasteiger partial charge in [-0.15, -0.1) is 0 Å². The van der Waals surface area contributed by atoms with Crippen LogP contribution in [-0.4, -0.2) is 50.4 Å². The summed E-state index contributed by atoms with van der Waals surface area (Å²) in [6.07, 6.45) is 0.771. The molecular weight excluding hydrogens is 408 g/mol. The maximum absolute atomic E-state index is 13.3. The van der Waals surface area contributed by atoms with Crippen molar-refractivity contribution in [2.24, 2.45) is 0 Å². The Kier molecular flexibility index (Phi) is 4.42. The minimum Gasteiger partial charge on any atom is -0.493 e. The monoisotopic (exact) mass is 432 g/mol. The summed E-state index contributed by atoms with van der Waals surface area (Å²) in [4.78, 5) is 2.80. The Hall–Kier alpha value is -2.67. The van der Waals surface area contributed by atoms with Crippen molar-refractivity contribution in [2.45, 2.75) is 17.4 Å². The highest BCUT2D eigenvalue weighted by atomic mass is 32.2. The van der Waals surface area contributed by atoms with Crippen LogP contribution in [0.5, 0.6) is 5.75 Å². The normalized spacial score (nSPS) is 19.0. The minimum atomic E-state index is -3.50. The van der Waals surface area contributed by atoms with E-state index < -0.39 is 10.0 Å². The number of sulfonamides is 1. The van der Waals surface area contributed by atoms with Gasteiger partial charge in [0.15, 0.2) is 0 Å². The molecule has 6 rings (SSSR count). The Morgan fingerprint density at radius 2 is 1.45 bits per heavy atom. The zero-order valence-electron chi connectivity index (χ0n) is 17.2. The van der Waals surface area contributed by atoms with Crippen molar-refractivity contribution < 1.29 is 13.2 Å². The predicted octanol–water partition coefficient (Wildman–Crippen LogP) is 3.70. The molecule has 31 heavy (non-hydrogen) atoms. The summed E-state index contributed by atoms with van der Waals surface area (Å²) in [6, 6.07) is 22.6. The molecule has 2 aliphatic heterocycles. The first-order chi connectivity index (χ1) is 15.1. The van der Waals surface area contributed by atoms with Crippen LogP contribution in [0.2, 0.25) is 0 Å². The third kappa shape index (κ3) is 3.01. The first-order valence-electron chi connectivity index (χ1n) is 10.8. The molecule has 1 aliphatic carbocycles. The highest BCUT2D eigenvalue weighted by molar-refractivity contribution is 7.89. The highest BCUT2D eigenvalue weighted by Gasteiger charge is 2.36. The molecule has 0 spiro atoms. The van der Waals surface area contributed by atoms with Gasteiger partial charge >= 0.3 is 0 Å². The summed E-state index contributed by atoms with van der Waals surface area (Å²) in [5.74, 6) is 0.808. The first-order valence-corrected chi connectivity index (χ1v) is 12.2. The molecule has 0 bridgehead atoms. The van der Waals surface area contributed by atoms with Crippen molar-refractivity contribution in [1.82, 2.24) is 9.21 Å². The van der Waals surface area contributed by atoms with Crippen molar-refractivity contribution >= 4 is 10.0 Å². The molecule has 0 atom stereocenters. The number of hydrogen-bond acceptors (Lipinski definition) is 4. The van der Waals surface area contributed by atoms with Crippen molar-refractivity contribution in [3.8, 4) is 16.9 Å². The molecule has 1 saturated heterocycles. The lowest BCUT2D eigenvalue weighted by Gasteiger charge is -2.38. The van der Waals surface area contributed by atoms with Crippen LogP contribution in [0.3, 0.4) is 0 Å². The molecule has 0 amide bonds. The Labute approximate surface area is 182 Å². The SMILES string of the molecule is O=S(=O)(c1ccc2c(c1)CCO2)N1CCN(C2c3ccccc3-c3ccccc32)CC1. The number of piperazine rings is 1. The second-order valence-corrected chi connectivity index (χ2v) is 10.3. The number of ether oxygens (including phenoxy) is 1. The van der Waals surface area contributed by atoms with E-state index in [1.807, 2.05) is 0 Å². The van der Waals surface area contributed by atoms with Crippen LogP contribution in [0.15, 0.2) is 71.6 Å². The molecule has 6 heteroatoms. The van der Waals surface area contributed by atoms with Crippen LogP contribution in [0.1, 0.15) is 22.7 Å². The number of hydrogen-bond donors (Lipinski definition) is 0. The predicted molar refractivity (Wildman–Crippen MR) is 120 cm³/mol. The molecule has 0 saturated carbocycles. The number of fused-ring (bicyclic) bond motifs is 4. The Morgan fingerprint density at radius 3 is 2.13 bits per heavy atom. The van der Waals surface area contributed by atoms with Gasteiger partial charge in [-0.2, -0.15) is 4.31 Å². The largest absolute Gasteiger partial charge is 0.493 e. The Bertz CT molecular complexity index is 1220. The number of nitrogens with zero attached hydrogens (tertiary/aromatic N) is 2. The van der Waals surface area contributed by atoms with Crippen LogP contribution in [0.25, 0.3) is 11.1 Å². The van der Waals surface area contributed by atoms with Crippen molar-refractivity contribution in [2.75, 3.05) is 32.8 Å². The van der Waals surface area contributed by atoms with E-state index in [-0.39, 0.29) is 6.04 Å². The smallest absolute Gasteiger partial charge is 0.243 e. The lowest BCUT2D eigenvalue weighted by atomic mass is 10.0. The van der Waals surface area contributed by atoms with E-state index in [1.165, 1.54) is 22.3 Å². The molecule has 3 aliphatic rings. The summed E-state index contributed by atoms with van der Waals surface area (Å²) in [5.41, 5.74) is 6.20.